The van der Waals surface area contributed by atoms with Crippen LogP contribution in [0.5, 0.6) is 11.5 Å². The molecule has 0 spiro atoms. The van der Waals surface area contributed by atoms with E-state index in [2.05, 4.69) is 9.97 Å². The van der Waals surface area contributed by atoms with E-state index in [1.165, 1.54) is 4.90 Å². The standard InChI is InChI=1S/C17H22N4O3/c1-10-14(16(22)21(3)4)15(20-17(18)19-10)11(2)24-13-8-6-12(23-5)7-9-13/h6-9,11H,1-5H3,(H2,18,19,20). The van der Waals surface area contributed by atoms with Gasteiger partial charge in [-0.2, -0.15) is 0 Å². The maximum Gasteiger partial charge on any atom is 0.257 e. The molecule has 1 amide bonds. The Bertz CT molecular complexity index is 729. The number of nitrogen functional groups attached to an aromatic ring is 1. The van der Waals surface area contributed by atoms with Gasteiger partial charge in [0.15, 0.2) is 0 Å². The Morgan fingerprint density at radius 2 is 1.75 bits per heavy atom. The summed E-state index contributed by atoms with van der Waals surface area (Å²) in [5.74, 6) is 1.30. The summed E-state index contributed by atoms with van der Waals surface area (Å²) < 4.78 is 11.0. The molecule has 0 radical (unpaired) electrons. The van der Waals surface area contributed by atoms with Gasteiger partial charge in [-0.1, -0.05) is 0 Å². The third kappa shape index (κ3) is 3.73. The number of ether oxygens (including phenoxy) is 2. The lowest BCUT2D eigenvalue weighted by molar-refractivity contribution is 0.0820. The van der Waals surface area contributed by atoms with Crippen molar-refractivity contribution < 1.29 is 14.3 Å². The van der Waals surface area contributed by atoms with Crippen LogP contribution in [0.15, 0.2) is 24.3 Å². The first kappa shape index (κ1) is 17.5. The van der Waals surface area contributed by atoms with E-state index in [4.69, 9.17) is 15.2 Å². The largest absolute Gasteiger partial charge is 0.497 e. The van der Waals surface area contributed by atoms with E-state index in [1.807, 2.05) is 6.92 Å². The van der Waals surface area contributed by atoms with Crippen molar-refractivity contribution in [1.82, 2.24) is 14.9 Å². The first-order valence-corrected chi connectivity index (χ1v) is 7.49. The number of carbonyl (C=O) groups is 1. The Balaban J connectivity index is 2.36. The monoisotopic (exact) mass is 330 g/mol. The van der Waals surface area contributed by atoms with Gasteiger partial charge >= 0.3 is 0 Å². The third-order valence-corrected chi connectivity index (χ3v) is 3.51. The van der Waals surface area contributed by atoms with Crippen molar-refractivity contribution in [2.24, 2.45) is 0 Å². The van der Waals surface area contributed by atoms with E-state index in [9.17, 15) is 4.79 Å². The lowest BCUT2D eigenvalue weighted by Gasteiger charge is -2.20. The van der Waals surface area contributed by atoms with Gasteiger partial charge in [0.25, 0.3) is 5.91 Å². The molecule has 0 fully saturated rings. The number of amides is 1. The minimum Gasteiger partial charge on any atom is -0.497 e. The molecule has 1 aromatic carbocycles. The van der Waals surface area contributed by atoms with Crippen molar-refractivity contribution in [3.05, 3.63) is 41.2 Å². The number of aryl methyl sites for hydroxylation is 1. The highest BCUT2D eigenvalue weighted by Crippen LogP contribution is 2.26. The molecule has 2 aromatic rings. The molecule has 0 aliphatic heterocycles. The Hall–Kier alpha value is -2.83. The highest BCUT2D eigenvalue weighted by Gasteiger charge is 2.24. The molecule has 24 heavy (non-hydrogen) atoms. The lowest BCUT2D eigenvalue weighted by atomic mass is 10.1. The van der Waals surface area contributed by atoms with Crippen molar-refractivity contribution in [2.45, 2.75) is 20.0 Å². The smallest absolute Gasteiger partial charge is 0.257 e. The molecule has 1 unspecified atom stereocenters. The maximum absolute atomic E-state index is 12.5. The average Bonchev–Trinajstić information content (AvgIpc) is 2.54. The normalized spacial score (nSPS) is 11.7. The van der Waals surface area contributed by atoms with Crippen LogP contribution >= 0.6 is 0 Å². The molecule has 1 aromatic heterocycles. The Morgan fingerprint density at radius 1 is 1.17 bits per heavy atom. The molecule has 0 aliphatic carbocycles. The summed E-state index contributed by atoms with van der Waals surface area (Å²) in [6, 6.07) is 7.18. The van der Waals surface area contributed by atoms with Gasteiger partial charge in [-0.3, -0.25) is 4.79 Å². The summed E-state index contributed by atoms with van der Waals surface area (Å²) in [6.07, 6.45) is -0.471. The molecule has 7 nitrogen and oxygen atoms in total. The van der Waals surface area contributed by atoms with Gasteiger partial charge in [0.2, 0.25) is 5.95 Å². The van der Waals surface area contributed by atoms with E-state index in [0.29, 0.717) is 22.7 Å². The summed E-state index contributed by atoms with van der Waals surface area (Å²) >= 11 is 0. The van der Waals surface area contributed by atoms with Gasteiger partial charge < -0.3 is 20.1 Å². The number of anilines is 1. The second-order valence-corrected chi connectivity index (χ2v) is 5.56. The van der Waals surface area contributed by atoms with E-state index in [-0.39, 0.29) is 11.9 Å². The van der Waals surface area contributed by atoms with Crippen LogP contribution in [0.4, 0.5) is 5.95 Å². The van der Waals surface area contributed by atoms with Crippen molar-refractivity contribution in [1.29, 1.82) is 0 Å². The summed E-state index contributed by atoms with van der Waals surface area (Å²) in [4.78, 5) is 22.3. The van der Waals surface area contributed by atoms with E-state index >= 15 is 0 Å². The number of hydrogen-bond donors (Lipinski definition) is 1. The zero-order valence-electron chi connectivity index (χ0n) is 14.5. The van der Waals surface area contributed by atoms with E-state index < -0.39 is 6.10 Å². The summed E-state index contributed by atoms with van der Waals surface area (Å²) in [5, 5.41) is 0. The molecular weight excluding hydrogens is 308 g/mol. The molecule has 2 N–H and O–H groups in total. The van der Waals surface area contributed by atoms with Gasteiger partial charge in [-0.25, -0.2) is 9.97 Å². The van der Waals surface area contributed by atoms with Gasteiger partial charge in [-0.05, 0) is 38.1 Å². The Labute approximate surface area is 141 Å². The predicted octanol–water partition coefficient (Wildman–Crippen LogP) is 2.22. The zero-order valence-corrected chi connectivity index (χ0v) is 14.5. The Kier molecular flexibility index (Phi) is 5.23. The number of nitrogens with two attached hydrogens (primary N) is 1. The van der Waals surface area contributed by atoms with Crippen molar-refractivity contribution in [2.75, 3.05) is 26.9 Å². The minimum atomic E-state index is -0.471. The average molecular weight is 330 g/mol. The first-order valence-electron chi connectivity index (χ1n) is 7.49. The molecule has 2 rings (SSSR count). The topological polar surface area (TPSA) is 90.6 Å². The molecule has 0 bridgehead atoms. The van der Waals surface area contributed by atoms with E-state index in [0.717, 1.165) is 5.75 Å². The van der Waals surface area contributed by atoms with Crippen LogP contribution in [0.1, 0.15) is 34.8 Å². The SMILES string of the molecule is COc1ccc(OC(C)c2nc(N)nc(C)c2C(=O)N(C)C)cc1. The maximum atomic E-state index is 12.5. The quantitative estimate of drug-likeness (QED) is 0.904. The summed E-state index contributed by atoms with van der Waals surface area (Å²) in [7, 11) is 4.96. The van der Waals surface area contributed by atoms with Crippen LogP contribution in [-0.2, 0) is 0 Å². The van der Waals surface area contributed by atoms with Crippen molar-refractivity contribution in [3.63, 3.8) is 0 Å². The van der Waals surface area contributed by atoms with Crippen LogP contribution in [0.2, 0.25) is 0 Å². The fourth-order valence-corrected chi connectivity index (χ4v) is 2.31. The van der Waals surface area contributed by atoms with Crippen LogP contribution < -0.4 is 15.2 Å². The molecule has 1 atom stereocenters. The highest BCUT2D eigenvalue weighted by molar-refractivity contribution is 5.96. The lowest BCUT2D eigenvalue weighted by Crippen LogP contribution is -2.27. The van der Waals surface area contributed by atoms with Crippen LogP contribution in [-0.4, -0.2) is 42.0 Å². The zero-order chi connectivity index (χ0) is 17.9. The van der Waals surface area contributed by atoms with Gasteiger partial charge in [0.1, 0.15) is 17.6 Å². The highest BCUT2D eigenvalue weighted by atomic mass is 16.5. The fourth-order valence-electron chi connectivity index (χ4n) is 2.31. The van der Waals surface area contributed by atoms with Gasteiger partial charge in [-0.15, -0.1) is 0 Å². The number of carbonyl (C=O) groups excluding carboxylic acids is 1. The number of nitrogens with zero attached hydrogens (tertiary/aromatic N) is 3. The molecule has 0 saturated heterocycles. The summed E-state index contributed by atoms with van der Waals surface area (Å²) in [5.41, 5.74) is 7.16. The molecule has 7 heteroatoms. The number of rotatable bonds is 5. The number of aromatic nitrogens is 2. The van der Waals surface area contributed by atoms with Crippen LogP contribution in [0.3, 0.4) is 0 Å². The van der Waals surface area contributed by atoms with Gasteiger partial charge in [0.05, 0.1) is 24.1 Å². The molecule has 128 valence electrons. The second-order valence-electron chi connectivity index (χ2n) is 5.56. The van der Waals surface area contributed by atoms with Crippen molar-refractivity contribution >= 4 is 11.9 Å². The predicted molar refractivity (Wildman–Crippen MR) is 91.2 cm³/mol. The fraction of sp³-hybridized carbons (Fsp3) is 0.353. The van der Waals surface area contributed by atoms with Crippen LogP contribution in [0, 0.1) is 6.92 Å². The van der Waals surface area contributed by atoms with Crippen molar-refractivity contribution in [3.8, 4) is 11.5 Å². The first-order chi connectivity index (χ1) is 11.3. The van der Waals surface area contributed by atoms with Crippen LogP contribution in [0.25, 0.3) is 0 Å². The number of methoxy groups -OCH3 is 1. The second kappa shape index (κ2) is 7.16. The minimum absolute atomic E-state index is 0.114. The third-order valence-electron chi connectivity index (χ3n) is 3.51. The molecular formula is C17H22N4O3. The van der Waals surface area contributed by atoms with Gasteiger partial charge in [0, 0.05) is 14.1 Å². The molecule has 1 heterocycles. The molecule has 0 saturated carbocycles. The summed E-state index contributed by atoms with van der Waals surface area (Å²) in [6.45, 7) is 3.55. The van der Waals surface area contributed by atoms with E-state index in [1.54, 1.807) is 52.4 Å². The Morgan fingerprint density at radius 3 is 2.29 bits per heavy atom. The number of benzene rings is 1. The molecule has 0 aliphatic rings. The number of hydrogen-bond acceptors (Lipinski definition) is 6.